The number of azo groups is 1. The van der Waals surface area contributed by atoms with Gasteiger partial charge >= 0.3 is 5.97 Å². The van der Waals surface area contributed by atoms with Gasteiger partial charge in [-0.3, -0.25) is 4.40 Å². The highest BCUT2D eigenvalue weighted by molar-refractivity contribution is 5.88. The van der Waals surface area contributed by atoms with Crippen LogP contribution < -0.4 is 0 Å². The van der Waals surface area contributed by atoms with Crippen LogP contribution >= 0.6 is 0 Å². The van der Waals surface area contributed by atoms with Crippen LogP contribution in [0.1, 0.15) is 16.1 Å². The average molecular weight is 296 g/mol. The van der Waals surface area contributed by atoms with E-state index in [9.17, 15) is 9.90 Å². The standard InChI is InChI=1S/C15H12N4O3/c1-9-14(18-17-11-4-2-3-5-12(11)20)19-7-6-10(15(21)22)8-13(19)16-9/h2-8,20H,1H3,(H,21,22). The van der Waals surface area contributed by atoms with E-state index in [1.54, 1.807) is 35.7 Å². The number of benzene rings is 1. The summed E-state index contributed by atoms with van der Waals surface area (Å²) in [6.45, 7) is 1.76. The van der Waals surface area contributed by atoms with E-state index in [2.05, 4.69) is 15.2 Å². The number of fused-ring (bicyclic) bond motifs is 1. The predicted octanol–water partition coefficient (Wildman–Crippen LogP) is 3.46. The lowest BCUT2D eigenvalue weighted by Crippen LogP contribution is -1.97. The lowest BCUT2D eigenvalue weighted by molar-refractivity contribution is 0.0697. The van der Waals surface area contributed by atoms with Crippen molar-refractivity contribution < 1.29 is 15.0 Å². The minimum absolute atomic E-state index is 0.0332. The Balaban J connectivity index is 2.06. The molecule has 7 nitrogen and oxygen atoms in total. The largest absolute Gasteiger partial charge is 0.506 e. The van der Waals surface area contributed by atoms with Gasteiger partial charge in [-0.15, -0.1) is 10.2 Å². The summed E-state index contributed by atoms with van der Waals surface area (Å²) in [6.07, 6.45) is 1.58. The normalized spacial score (nSPS) is 11.3. The van der Waals surface area contributed by atoms with Gasteiger partial charge in [0.15, 0.2) is 5.82 Å². The average Bonchev–Trinajstić information content (AvgIpc) is 2.81. The van der Waals surface area contributed by atoms with Gasteiger partial charge in [-0.2, -0.15) is 0 Å². The van der Waals surface area contributed by atoms with Crippen molar-refractivity contribution in [3.05, 3.63) is 53.9 Å². The Labute approximate surface area is 125 Å². The number of imidazole rings is 1. The van der Waals surface area contributed by atoms with Crippen LogP contribution in [0.5, 0.6) is 5.75 Å². The molecule has 22 heavy (non-hydrogen) atoms. The van der Waals surface area contributed by atoms with Gasteiger partial charge in [0.05, 0.1) is 11.3 Å². The summed E-state index contributed by atoms with van der Waals surface area (Å²) in [6, 6.07) is 9.54. The number of aryl methyl sites for hydroxylation is 1. The number of aromatic nitrogens is 2. The van der Waals surface area contributed by atoms with E-state index in [-0.39, 0.29) is 11.3 Å². The highest BCUT2D eigenvalue weighted by atomic mass is 16.4. The molecule has 3 rings (SSSR count). The molecular formula is C15H12N4O3. The van der Waals surface area contributed by atoms with E-state index < -0.39 is 5.97 Å². The van der Waals surface area contributed by atoms with Gasteiger partial charge in [0, 0.05) is 6.20 Å². The van der Waals surface area contributed by atoms with Crippen LogP contribution in [0.15, 0.2) is 52.8 Å². The maximum atomic E-state index is 11.0. The summed E-state index contributed by atoms with van der Waals surface area (Å²) in [5, 5.41) is 26.8. The first-order valence-corrected chi connectivity index (χ1v) is 6.48. The molecule has 2 aromatic heterocycles. The molecule has 0 radical (unpaired) electrons. The smallest absolute Gasteiger partial charge is 0.335 e. The zero-order valence-corrected chi connectivity index (χ0v) is 11.6. The Morgan fingerprint density at radius 3 is 2.73 bits per heavy atom. The number of phenolic OH excluding ortho intramolecular Hbond substituents is 1. The van der Waals surface area contributed by atoms with Crippen molar-refractivity contribution in [2.45, 2.75) is 6.92 Å². The van der Waals surface area contributed by atoms with Gasteiger partial charge in [-0.25, -0.2) is 9.78 Å². The van der Waals surface area contributed by atoms with Crippen LogP contribution in [0.2, 0.25) is 0 Å². The molecule has 2 N–H and O–H groups in total. The number of para-hydroxylation sites is 1. The van der Waals surface area contributed by atoms with Crippen LogP contribution in [-0.4, -0.2) is 25.6 Å². The van der Waals surface area contributed by atoms with Crippen LogP contribution in [0, 0.1) is 6.92 Å². The molecule has 0 spiro atoms. The van der Waals surface area contributed by atoms with Gasteiger partial charge in [0.1, 0.15) is 17.1 Å². The lowest BCUT2D eigenvalue weighted by Gasteiger charge is -1.99. The molecule has 0 fully saturated rings. The second kappa shape index (κ2) is 5.28. The van der Waals surface area contributed by atoms with E-state index in [0.717, 1.165) is 0 Å². The zero-order chi connectivity index (χ0) is 15.7. The third kappa shape index (κ3) is 2.39. The highest BCUT2D eigenvalue weighted by Gasteiger charge is 2.11. The second-order valence-electron chi connectivity index (χ2n) is 4.66. The molecule has 110 valence electrons. The van der Waals surface area contributed by atoms with Gasteiger partial charge < -0.3 is 10.2 Å². The van der Waals surface area contributed by atoms with Gasteiger partial charge in [0.25, 0.3) is 0 Å². The summed E-state index contributed by atoms with van der Waals surface area (Å²) in [5.74, 6) is -0.499. The molecular weight excluding hydrogens is 284 g/mol. The Bertz CT molecular complexity index is 899. The van der Waals surface area contributed by atoms with E-state index in [0.29, 0.717) is 22.8 Å². The molecule has 0 bridgehead atoms. The summed E-state index contributed by atoms with van der Waals surface area (Å²) in [5.41, 5.74) is 1.59. The second-order valence-corrected chi connectivity index (χ2v) is 4.66. The maximum Gasteiger partial charge on any atom is 0.335 e. The molecule has 2 heterocycles. The molecule has 0 aliphatic carbocycles. The first kappa shape index (κ1) is 13.7. The SMILES string of the molecule is Cc1nc2cc(C(=O)O)ccn2c1N=Nc1ccccc1O. The van der Waals surface area contributed by atoms with E-state index in [1.807, 2.05) is 0 Å². The molecule has 0 saturated heterocycles. The number of pyridine rings is 1. The van der Waals surface area contributed by atoms with Gasteiger partial charge in [-0.1, -0.05) is 12.1 Å². The Kier molecular flexibility index (Phi) is 3.30. The summed E-state index contributed by atoms with van der Waals surface area (Å²) >= 11 is 0. The third-order valence-electron chi connectivity index (χ3n) is 3.15. The molecule has 0 atom stereocenters. The zero-order valence-electron chi connectivity index (χ0n) is 11.6. The molecule has 7 heteroatoms. The fourth-order valence-corrected chi connectivity index (χ4v) is 2.05. The minimum atomic E-state index is -1.01. The first-order valence-electron chi connectivity index (χ1n) is 6.48. The van der Waals surface area contributed by atoms with Crippen molar-refractivity contribution in [2.75, 3.05) is 0 Å². The number of aromatic hydroxyl groups is 1. The summed E-state index contributed by atoms with van der Waals surface area (Å²) in [4.78, 5) is 15.3. The third-order valence-corrected chi connectivity index (χ3v) is 3.15. The Morgan fingerprint density at radius 1 is 1.23 bits per heavy atom. The van der Waals surface area contributed by atoms with E-state index in [4.69, 9.17) is 5.11 Å². The highest BCUT2D eigenvalue weighted by Crippen LogP contribution is 2.28. The number of hydrogen-bond donors (Lipinski definition) is 2. The number of phenols is 1. The molecule has 0 aliphatic rings. The minimum Gasteiger partial charge on any atom is -0.506 e. The number of hydrogen-bond acceptors (Lipinski definition) is 5. The van der Waals surface area contributed by atoms with Gasteiger partial charge in [-0.05, 0) is 31.2 Å². The summed E-state index contributed by atoms with van der Waals surface area (Å²) < 4.78 is 1.64. The molecule has 0 unspecified atom stereocenters. The van der Waals surface area contributed by atoms with Crippen molar-refractivity contribution in [1.29, 1.82) is 0 Å². The molecule has 0 aliphatic heterocycles. The fraction of sp³-hybridized carbons (Fsp3) is 0.0667. The van der Waals surface area contributed by atoms with Crippen molar-refractivity contribution in [1.82, 2.24) is 9.38 Å². The van der Waals surface area contributed by atoms with Crippen LogP contribution in [0.3, 0.4) is 0 Å². The van der Waals surface area contributed by atoms with Gasteiger partial charge in [0.2, 0.25) is 0 Å². The lowest BCUT2D eigenvalue weighted by atomic mass is 10.3. The monoisotopic (exact) mass is 296 g/mol. The number of nitrogens with zero attached hydrogens (tertiary/aromatic N) is 4. The topological polar surface area (TPSA) is 99.5 Å². The van der Waals surface area contributed by atoms with Crippen molar-refractivity contribution >= 4 is 23.1 Å². The number of carboxylic acid groups (broad SMARTS) is 1. The van der Waals surface area contributed by atoms with Crippen LogP contribution in [0.25, 0.3) is 5.65 Å². The number of carbonyl (C=O) groups is 1. The summed E-state index contributed by atoms with van der Waals surface area (Å²) in [7, 11) is 0. The molecule has 1 aromatic carbocycles. The van der Waals surface area contributed by atoms with Crippen LogP contribution in [0.4, 0.5) is 11.5 Å². The molecule has 0 amide bonds. The van der Waals surface area contributed by atoms with Crippen molar-refractivity contribution in [3.8, 4) is 5.75 Å². The number of carboxylic acids is 1. The number of aromatic carboxylic acids is 1. The molecule has 3 aromatic rings. The van der Waals surface area contributed by atoms with Crippen molar-refractivity contribution in [2.24, 2.45) is 10.2 Å². The first-order chi connectivity index (χ1) is 10.6. The van der Waals surface area contributed by atoms with Crippen molar-refractivity contribution in [3.63, 3.8) is 0 Å². The Hall–Kier alpha value is -3.22. The van der Waals surface area contributed by atoms with E-state index >= 15 is 0 Å². The maximum absolute atomic E-state index is 11.0. The fourth-order valence-electron chi connectivity index (χ4n) is 2.05. The van der Waals surface area contributed by atoms with Crippen LogP contribution in [-0.2, 0) is 0 Å². The van der Waals surface area contributed by atoms with E-state index in [1.165, 1.54) is 18.2 Å². The predicted molar refractivity (Wildman–Crippen MR) is 79.2 cm³/mol. The number of rotatable bonds is 3. The molecule has 0 saturated carbocycles. The quantitative estimate of drug-likeness (QED) is 0.723. The Morgan fingerprint density at radius 2 is 2.00 bits per heavy atom.